The maximum absolute atomic E-state index is 10.6. The number of carbonyl (C=O) groups excluding carboxylic acids is 1. The number of amides is 1. The summed E-state index contributed by atoms with van der Waals surface area (Å²) in [6, 6.07) is 10.5. The molecule has 2 N–H and O–H groups in total. The van der Waals surface area contributed by atoms with Crippen LogP contribution in [0.1, 0.15) is 37.2 Å². The fourth-order valence-electron chi connectivity index (χ4n) is 2.40. The van der Waals surface area contributed by atoms with Crippen LogP contribution in [0.15, 0.2) is 30.3 Å². The first-order chi connectivity index (χ1) is 7.75. The molecule has 1 saturated carbocycles. The Morgan fingerprint density at radius 2 is 1.75 bits per heavy atom. The van der Waals surface area contributed by atoms with Crippen molar-refractivity contribution >= 4 is 6.09 Å². The van der Waals surface area contributed by atoms with Gasteiger partial charge >= 0.3 is 6.09 Å². The molecule has 3 nitrogen and oxygen atoms in total. The third kappa shape index (κ3) is 2.75. The molecule has 0 aromatic heterocycles. The Kier molecular flexibility index (Phi) is 3.44. The highest BCUT2D eigenvalue weighted by Crippen LogP contribution is 2.33. The largest absolute Gasteiger partial charge is 0.446 e. The van der Waals surface area contributed by atoms with Crippen molar-refractivity contribution in [2.75, 3.05) is 0 Å². The normalized spacial score (nSPS) is 25.0. The van der Waals surface area contributed by atoms with Crippen molar-refractivity contribution in [3.05, 3.63) is 35.9 Å². The van der Waals surface area contributed by atoms with E-state index in [1.54, 1.807) is 0 Å². The van der Waals surface area contributed by atoms with E-state index in [1.165, 1.54) is 5.56 Å². The third-order valence-electron chi connectivity index (χ3n) is 3.23. The van der Waals surface area contributed by atoms with Crippen LogP contribution in [0.3, 0.4) is 0 Å². The van der Waals surface area contributed by atoms with Gasteiger partial charge in [-0.15, -0.1) is 0 Å². The Morgan fingerprint density at radius 1 is 1.12 bits per heavy atom. The third-order valence-corrected chi connectivity index (χ3v) is 3.23. The molecule has 0 heterocycles. The van der Waals surface area contributed by atoms with Crippen LogP contribution in [0.4, 0.5) is 4.79 Å². The molecule has 0 atom stereocenters. The molecule has 0 radical (unpaired) electrons. The molecule has 0 aliphatic heterocycles. The molecule has 0 bridgehead atoms. The van der Waals surface area contributed by atoms with Gasteiger partial charge in [-0.05, 0) is 37.2 Å². The predicted octanol–water partition coefficient (Wildman–Crippen LogP) is 2.81. The van der Waals surface area contributed by atoms with Crippen LogP contribution in [-0.2, 0) is 4.74 Å². The fraction of sp³-hybridized carbons (Fsp3) is 0.462. The second-order valence-electron chi connectivity index (χ2n) is 4.32. The van der Waals surface area contributed by atoms with Gasteiger partial charge in [-0.2, -0.15) is 0 Å². The minimum absolute atomic E-state index is 0.0254. The Bertz CT molecular complexity index is 342. The van der Waals surface area contributed by atoms with Gasteiger partial charge < -0.3 is 10.5 Å². The zero-order chi connectivity index (χ0) is 11.4. The van der Waals surface area contributed by atoms with Crippen molar-refractivity contribution < 1.29 is 9.53 Å². The molecule has 1 aliphatic carbocycles. The molecule has 16 heavy (non-hydrogen) atoms. The maximum atomic E-state index is 10.6. The molecule has 0 spiro atoms. The average Bonchev–Trinajstić information content (AvgIpc) is 2.30. The van der Waals surface area contributed by atoms with Gasteiger partial charge in [0.05, 0.1) is 0 Å². The average molecular weight is 219 g/mol. The number of benzene rings is 1. The Balaban J connectivity index is 1.88. The van der Waals surface area contributed by atoms with Gasteiger partial charge in [-0.25, -0.2) is 4.79 Å². The second kappa shape index (κ2) is 5.01. The summed E-state index contributed by atoms with van der Waals surface area (Å²) in [7, 11) is 0. The number of nitrogens with two attached hydrogens (primary N) is 1. The van der Waals surface area contributed by atoms with Gasteiger partial charge in [0.25, 0.3) is 0 Å². The number of hydrogen-bond donors (Lipinski definition) is 1. The van der Waals surface area contributed by atoms with Crippen molar-refractivity contribution in [3.63, 3.8) is 0 Å². The topological polar surface area (TPSA) is 52.3 Å². The Hall–Kier alpha value is -1.51. The highest BCUT2D eigenvalue weighted by molar-refractivity contribution is 5.64. The molecule has 1 aromatic carbocycles. The summed E-state index contributed by atoms with van der Waals surface area (Å²) in [6.45, 7) is 0. The lowest BCUT2D eigenvalue weighted by atomic mass is 9.83. The lowest BCUT2D eigenvalue weighted by molar-refractivity contribution is 0.0787. The van der Waals surface area contributed by atoms with Crippen LogP contribution in [0.2, 0.25) is 0 Å². The van der Waals surface area contributed by atoms with E-state index >= 15 is 0 Å². The number of hydrogen-bond acceptors (Lipinski definition) is 2. The van der Waals surface area contributed by atoms with Gasteiger partial charge in [0.15, 0.2) is 0 Å². The van der Waals surface area contributed by atoms with Crippen LogP contribution in [0.25, 0.3) is 0 Å². The van der Waals surface area contributed by atoms with Gasteiger partial charge in [-0.3, -0.25) is 0 Å². The summed E-state index contributed by atoms with van der Waals surface area (Å²) in [5.74, 6) is 0.605. The second-order valence-corrected chi connectivity index (χ2v) is 4.32. The van der Waals surface area contributed by atoms with E-state index in [0.717, 1.165) is 25.7 Å². The monoisotopic (exact) mass is 219 g/mol. The summed E-state index contributed by atoms with van der Waals surface area (Å²) in [6.07, 6.45) is 3.36. The minimum atomic E-state index is -0.650. The molecular formula is C13H17NO2. The molecule has 1 amide bonds. The van der Waals surface area contributed by atoms with E-state index < -0.39 is 6.09 Å². The summed E-state index contributed by atoms with van der Waals surface area (Å²) in [4.78, 5) is 10.6. The van der Waals surface area contributed by atoms with E-state index in [2.05, 4.69) is 24.3 Å². The maximum Gasteiger partial charge on any atom is 0.404 e. The predicted molar refractivity (Wildman–Crippen MR) is 62.1 cm³/mol. The van der Waals surface area contributed by atoms with Crippen LogP contribution >= 0.6 is 0 Å². The summed E-state index contributed by atoms with van der Waals surface area (Å²) in [5, 5.41) is 0. The van der Waals surface area contributed by atoms with E-state index in [0.29, 0.717) is 5.92 Å². The standard InChI is InChI=1S/C13H17NO2/c14-13(15)16-12-8-6-11(7-9-12)10-4-2-1-3-5-10/h1-5,11-12H,6-9H2,(H2,14,15)/t11-,12-. The summed E-state index contributed by atoms with van der Waals surface area (Å²) < 4.78 is 5.01. The van der Waals surface area contributed by atoms with Crippen molar-refractivity contribution in [1.82, 2.24) is 0 Å². The zero-order valence-corrected chi connectivity index (χ0v) is 9.26. The van der Waals surface area contributed by atoms with Crippen molar-refractivity contribution in [2.24, 2.45) is 5.73 Å². The van der Waals surface area contributed by atoms with Gasteiger partial charge in [-0.1, -0.05) is 30.3 Å². The first-order valence-corrected chi connectivity index (χ1v) is 5.76. The minimum Gasteiger partial charge on any atom is -0.446 e. The smallest absolute Gasteiger partial charge is 0.404 e. The van der Waals surface area contributed by atoms with Gasteiger partial charge in [0.2, 0.25) is 0 Å². The van der Waals surface area contributed by atoms with Crippen molar-refractivity contribution in [3.8, 4) is 0 Å². The van der Waals surface area contributed by atoms with E-state index in [9.17, 15) is 4.79 Å². The molecule has 3 heteroatoms. The number of primary amides is 1. The summed E-state index contributed by atoms with van der Waals surface area (Å²) >= 11 is 0. The Morgan fingerprint density at radius 3 is 2.31 bits per heavy atom. The lowest BCUT2D eigenvalue weighted by Crippen LogP contribution is -2.26. The van der Waals surface area contributed by atoms with Crippen LogP contribution in [0, 0.1) is 0 Å². The molecular weight excluding hydrogens is 202 g/mol. The highest BCUT2D eigenvalue weighted by Gasteiger charge is 2.23. The SMILES string of the molecule is NC(=O)O[C@H]1CC[C@H](c2ccccc2)CC1. The molecule has 2 rings (SSSR count). The van der Waals surface area contributed by atoms with E-state index in [-0.39, 0.29) is 6.10 Å². The van der Waals surface area contributed by atoms with Gasteiger partial charge in [0, 0.05) is 0 Å². The van der Waals surface area contributed by atoms with Crippen LogP contribution in [-0.4, -0.2) is 12.2 Å². The quantitative estimate of drug-likeness (QED) is 0.831. The summed E-state index contributed by atoms with van der Waals surface area (Å²) in [5.41, 5.74) is 6.40. The lowest BCUT2D eigenvalue weighted by Gasteiger charge is -2.28. The number of rotatable bonds is 2. The van der Waals surface area contributed by atoms with Crippen molar-refractivity contribution in [2.45, 2.75) is 37.7 Å². The number of ether oxygens (including phenoxy) is 1. The molecule has 0 unspecified atom stereocenters. The van der Waals surface area contributed by atoms with E-state index in [4.69, 9.17) is 10.5 Å². The van der Waals surface area contributed by atoms with Crippen molar-refractivity contribution in [1.29, 1.82) is 0 Å². The molecule has 1 fully saturated rings. The zero-order valence-electron chi connectivity index (χ0n) is 9.26. The fourth-order valence-corrected chi connectivity index (χ4v) is 2.40. The van der Waals surface area contributed by atoms with Crippen LogP contribution in [0.5, 0.6) is 0 Å². The molecule has 86 valence electrons. The Labute approximate surface area is 95.6 Å². The first-order valence-electron chi connectivity index (χ1n) is 5.76. The van der Waals surface area contributed by atoms with Gasteiger partial charge in [0.1, 0.15) is 6.10 Å². The highest BCUT2D eigenvalue weighted by atomic mass is 16.6. The van der Waals surface area contributed by atoms with Crippen LogP contribution < -0.4 is 5.73 Å². The number of carbonyl (C=O) groups is 1. The molecule has 1 aliphatic rings. The van der Waals surface area contributed by atoms with E-state index in [1.807, 2.05) is 6.07 Å². The molecule has 1 aromatic rings. The molecule has 0 saturated heterocycles. The first kappa shape index (κ1) is 11.0.